The van der Waals surface area contributed by atoms with Gasteiger partial charge in [-0.05, 0) is 6.07 Å². The first-order chi connectivity index (χ1) is 7.27. The van der Waals surface area contributed by atoms with Gasteiger partial charge >= 0.3 is 0 Å². The zero-order valence-electron chi connectivity index (χ0n) is 8.27. The Morgan fingerprint density at radius 3 is 3.13 bits per heavy atom. The first-order valence-electron chi connectivity index (χ1n) is 4.43. The van der Waals surface area contributed by atoms with Crippen molar-refractivity contribution in [3.63, 3.8) is 0 Å². The molecule has 0 spiro atoms. The number of aromatic nitrogens is 2. The third-order valence-electron chi connectivity index (χ3n) is 2.22. The van der Waals surface area contributed by atoms with Gasteiger partial charge < -0.3 is 10.5 Å². The second kappa shape index (κ2) is 3.50. The quantitative estimate of drug-likeness (QED) is 0.787. The van der Waals surface area contributed by atoms with Crippen molar-refractivity contribution in [2.75, 3.05) is 12.8 Å². The molecule has 5 nitrogen and oxygen atoms in total. The van der Waals surface area contributed by atoms with E-state index in [1.165, 1.54) is 0 Å². The van der Waals surface area contributed by atoms with Crippen molar-refractivity contribution in [2.45, 2.75) is 6.42 Å². The van der Waals surface area contributed by atoms with Crippen LogP contribution < -0.4 is 10.5 Å². The SMILES string of the molecule is COc1c(CC#N)ccn2ncc(N)c12. The van der Waals surface area contributed by atoms with Gasteiger partial charge in [0.1, 0.15) is 5.52 Å². The molecule has 2 aromatic heterocycles. The van der Waals surface area contributed by atoms with Crippen LogP contribution in [0.1, 0.15) is 5.56 Å². The maximum Gasteiger partial charge on any atom is 0.150 e. The van der Waals surface area contributed by atoms with E-state index in [9.17, 15) is 0 Å². The van der Waals surface area contributed by atoms with E-state index >= 15 is 0 Å². The largest absolute Gasteiger partial charge is 0.494 e. The topological polar surface area (TPSA) is 76.3 Å². The molecule has 2 rings (SSSR count). The molecule has 15 heavy (non-hydrogen) atoms. The zero-order valence-corrected chi connectivity index (χ0v) is 8.27. The third kappa shape index (κ3) is 1.36. The molecule has 2 N–H and O–H groups in total. The van der Waals surface area contributed by atoms with Gasteiger partial charge in [0.2, 0.25) is 0 Å². The molecule has 0 aromatic carbocycles. The van der Waals surface area contributed by atoms with E-state index in [1.807, 2.05) is 6.07 Å². The normalized spacial score (nSPS) is 10.1. The fourth-order valence-electron chi connectivity index (χ4n) is 1.56. The number of fused-ring (bicyclic) bond motifs is 1. The van der Waals surface area contributed by atoms with E-state index < -0.39 is 0 Å². The lowest BCUT2D eigenvalue weighted by Crippen LogP contribution is -1.97. The fraction of sp³-hybridized carbons (Fsp3) is 0.200. The molecule has 0 unspecified atom stereocenters. The Labute approximate surface area is 86.7 Å². The van der Waals surface area contributed by atoms with E-state index in [0.29, 0.717) is 23.4 Å². The van der Waals surface area contributed by atoms with Crippen molar-refractivity contribution in [1.82, 2.24) is 9.61 Å². The van der Waals surface area contributed by atoms with E-state index in [-0.39, 0.29) is 0 Å². The summed E-state index contributed by atoms with van der Waals surface area (Å²) in [5.41, 5.74) is 7.85. The number of ether oxygens (including phenoxy) is 1. The third-order valence-corrected chi connectivity index (χ3v) is 2.22. The van der Waals surface area contributed by atoms with E-state index in [1.54, 1.807) is 24.0 Å². The summed E-state index contributed by atoms with van der Waals surface area (Å²) in [5, 5.41) is 12.7. The molecule has 2 heterocycles. The highest BCUT2D eigenvalue weighted by Crippen LogP contribution is 2.28. The minimum Gasteiger partial charge on any atom is -0.494 e. The van der Waals surface area contributed by atoms with Gasteiger partial charge in [-0.3, -0.25) is 0 Å². The molecule has 0 saturated heterocycles. The van der Waals surface area contributed by atoms with Crippen LogP contribution in [0.2, 0.25) is 0 Å². The minimum absolute atomic E-state index is 0.296. The molecule has 0 atom stereocenters. The van der Waals surface area contributed by atoms with Crippen molar-refractivity contribution < 1.29 is 4.74 Å². The summed E-state index contributed by atoms with van der Waals surface area (Å²) in [6.07, 6.45) is 3.62. The van der Waals surface area contributed by atoms with E-state index in [2.05, 4.69) is 11.2 Å². The summed E-state index contributed by atoms with van der Waals surface area (Å²) >= 11 is 0. The first kappa shape index (κ1) is 9.34. The van der Waals surface area contributed by atoms with E-state index in [4.69, 9.17) is 15.7 Å². The highest BCUT2D eigenvalue weighted by atomic mass is 16.5. The van der Waals surface area contributed by atoms with Gasteiger partial charge in [-0.1, -0.05) is 0 Å². The Hall–Kier alpha value is -2.22. The van der Waals surface area contributed by atoms with Gasteiger partial charge in [-0.15, -0.1) is 0 Å². The highest BCUT2D eigenvalue weighted by molar-refractivity contribution is 5.77. The molecular formula is C10H10N4O. The molecule has 0 aliphatic rings. The summed E-state index contributed by atoms with van der Waals surface area (Å²) in [4.78, 5) is 0. The maximum absolute atomic E-state index is 8.67. The summed E-state index contributed by atoms with van der Waals surface area (Å²) in [6, 6.07) is 3.89. The molecule has 76 valence electrons. The molecule has 0 aliphatic heterocycles. The first-order valence-corrected chi connectivity index (χ1v) is 4.43. The fourth-order valence-corrected chi connectivity index (χ4v) is 1.56. The van der Waals surface area contributed by atoms with Crippen LogP contribution in [0.15, 0.2) is 18.5 Å². The van der Waals surface area contributed by atoms with Crippen LogP contribution in [-0.2, 0) is 6.42 Å². The lowest BCUT2D eigenvalue weighted by atomic mass is 10.1. The minimum atomic E-state index is 0.296. The molecule has 2 aromatic rings. The second-order valence-electron chi connectivity index (χ2n) is 3.10. The average Bonchev–Trinajstić information content (AvgIpc) is 2.61. The lowest BCUT2D eigenvalue weighted by molar-refractivity contribution is 0.413. The Morgan fingerprint density at radius 2 is 2.47 bits per heavy atom. The highest BCUT2D eigenvalue weighted by Gasteiger charge is 2.11. The number of hydrogen-bond donors (Lipinski definition) is 1. The Morgan fingerprint density at radius 1 is 1.67 bits per heavy atom. The molecule has 0 radical (unpaired) electrons. The zero-order chi connectivity index (χ0) is 10.8. The number of nitrogen functional groups attached to an aromatic ring is 1. The van der Waals surface area contributed by atoms with Crippen LogP contribution in [0.25, 0.3) is 5.52 Å². The summed E-state index contributed by atoms with van der Waals surface area (Å²) in [7, 11) is 1.56. The number of anilines is 1. The predicted octanol–water partition coefficient (Wildman–Crippen LogP) is 0.991. The smallest absolute Gasteiger partial charge is 0.150 e. The Bertz CT molecular complexity index is 538. The maximum atomic E-state index is 8.67. The number of hydrogen-bond acceptors (Lipinski definition) is 4. The van der Waals surface area contributed by atoms with Crippen LogP contribution in [0.4, 0.5) is 5.69 Å². The molecular weight excluding hydrogens is 192 g/mol. The van der Waals surface area contributed by atoms with Crippen molar-refractivity contribution in [2.24, 2.45) is 0 Å². The van der Waals surface area contributed by atoms with Gasteiger partial charge in [0, 0.05) is 11.8 Å². The van der Waals surface area contributed by atoms with Gasteiger partial charge in [0.05, 0.1) is 31.5 Å². The van der Waals surface area contributed by atoms with Crippen LogP contribution in [0, 0.1) is 11.3 Å². The number of methoxy groups -OCH3 is 1. The van der Waals surface area contributed by atoms with Crippen LogP contribution in [0.3, 0.4) is 0 Å². The van der Waals surface area contributed by atoms with Crippen molar-refractivity contribution >= 4 is 11.2 Å². The van der Waals surface area contributed by atoms with Crippen molar-refractivity contribution in [1.29, 1.82) is 5.26 Å². The standard InChI is InChI=1S/C10H10N4O/c1-15-10-7(2-4-11)3-5-14-9(10)8(12)6-13-14/h3,5-6H,2,12H2,1H3. The van der Waals surface area contributed by atoms with Crippen LogP contribution in [-0.4, -0.2) is 16.7 Å². The van der Waals surface area contributed by atoms with Crippen molar-refractivity contribution in [3.05, 3.63) is 24.0 Å². The molecule has 0 aliphatic carbocycles. The molecule has 0 fully saturated rings. The molecule has 5 heteroatoms. The van der Waals surface area contributed by atoms with Crippen LogP contribution >= 0.6 is 0 Å². The number of nitrogens with two attached hydrogens (primary N) is 1. The molecule has 0 amide bonds. The van der Waals surface area contributed by atoms with Gasteiger partial charge in [-0.25, -0.2) is 4.52 Å². The number of nitriles is 1. The number of pyridine rings is 1. The van der Waals surface area contributed by atoms with E-state index in [0.717, 1.165) is 5.56 Å². The van der Waals surface area contributed by atoms with Gasteiger partial charge in [0.15, 0.2) is 5.75 Å². The second-order valence-corrected chi connectivity index (χ2v) is 3.10. The van der Waals surface area contributed by atoms with Gasteiger partial charge in [-0.2, -0.15) is 10.4 Å². The molecule has 0 bridgehead atoms. The average molecular weight is 202 g/mol. The lowest BCUT2D eigenvalue weighted by Gasteiger charge is -2.07. The monoisotopic (exact) mass is 202 g/mol. The Kier molecular flexibility index (Phi) is 2.18. The van der Waals surface area contributed by atoms with Crippen molar-refractivity contribution in [3.8, 4) is 11.8 Å². The number of nitrogens with zero attached hydrogens (tertiary/aromatic N) is 3. The summed E-state index contributed by atoms with van der Waals surface area (Å²) in [6.45, 7) is 0. The number of rotatable bonds is 2. The molecule has 0 saturated carbocycles. The summed E-state index contributed by atoms with van der Waals surface area (Å²) in [5.74, 6) is 0.619. The Balaban J connectivity index is 2.74. The predicted molar refractivity (Wildman–Crippen MR) is 55.5 cm³/mol. The van der Waals surface area contributed by atoms with Crippen LogP contribution in [0.5, 0.6) is 5.75 Å². The summed E-state index contributed by atoms with van der Waals surface area (Å²) < 4.78 is 6.89. The van der Waals surface area contributed by atoms with Gasteiger partial charge in [0.25, 0.3) is 0 Å².